The van der Waals surface area contributed by atoms with Gasteiger partial charge in [-0.2, -0.15) is 0 Å². The van der Waals surface area contributed by atoms with Crippen molar-refractivity contribution < 1.29 is 9.59 Å². The van der Waals surface area contributed by atoms with Gasteiger partial charge in [-0.3, -0.25) is 14.6 Å². The number of pyridine rings is 1. The van der Waals surface area contributed by atoms with Crippen LogP contribution in [0.15, 0.2) is 29.8 Å². The molecular weight excluding hydrogens is 212 g/mol. The van der Waals surface area contributed by atoms with Crippen molar-refractivity contribution in [1.29, 1.82) is 0 Å². The number of aromatic nitrogens is 1. The highest BCUT2D eigenvalue weighted by molar-refractivity contribution is 8.16. The fourth-order valence-electron chi connectivity index (χ4n) is 1.41. The Morgan fingerprint density at radius 1 is 1.53 bits per heavy atom. The molecule has 0 fully saturated rings. The molecule has 2 N–H and O–H groups in total. The zero-order valence-corrected chi connectivity index (χ0v) is 8.53. The molecule has 5 heteroatoms. The first-order valence-electron chi connectivity index (χ1n) is 4.32. The first kappa shape index (κ1) is 9.92. The fraction of sp³-hybridized carbons (Fsp3) is 0.100. The number of nitrogens with zero attached hydrogens (tertiary/aromatic N) is 1. The molecule has 1 aromatic rings. The van der Waals surface area contributed by atoms with Gasteiger partial charge in [0.15, 0.2) is 0 Å². The minimum atomic E-state index is -0.559. The molecule has 0 radical (unpaired) electrons. The second kappa shape index (κ2) is 3.86. The quantitative estimate of drug-likeness (QED) is 0.808. The first-order valence-corrected chi connectivity index (χ1v) is 5.20. The second-order valence-electron chi connectivity index (χ2n) is 3.04. The van der Waals surface area contributed by atoms with Gasteiger partial charge in [0, 0.05) is 6.20 Å². The van der Waals surface area contributed by atoms with E-state index in [0.717, 1.165) is 11.8 Å². The van der Waals surface area contributed by atoms with Gasteiger partial charge >= 0.3 is 0 Å². The van der Waals surface area contributed by atoms with Crippen LogP contribution in [-0.2, 0) is 4.79 Å². The van der Waals surface area contributed by atoms with E-state index in [4.69, 9.17) is 5.73 Å². The molecular formula is C10H8N2O2S. The molecule has 1 aromatic heterocycles. The van der Waals surface area contributed by atoms with E-state index in [-0.39, 0.29) is 5.12 Å². The van der Waals surface area contributed by atoms with Crippen molar-refractivity contribution in [2.24, 2.45) is 5.73 Å². The Labute approximate surface area is 90.6 Å². The predicted octanol–water partition coefficient (Wildman–Crippen LogP) is 1.05. The van der Waals surface area contributed by atoms with Crippen molar-refractivity contribution in [3.63, 3.8) is 0 Å². The highest BCUT2D eigenvalue weighted by atomic mass is 32.2. The van der Waals surface area contributed by atoms with E-state index in [2.05, 4.69) is 4.98 Å². The number of primary amides is 1. The van der Waals surface area contributed by atoms with Gasteiger partial charge in [0.25, 0.3) is 5.91 Å². The minimum absolute atomic E-state index is 0.0313. The average molecular weight is 220 g/mol. The van der Waals surface area contributed by atoms with Crippen LogP contribution in [0.1, 0.15) is 22.0 Å². The van der Waals surface area contributed by atoms with Crippen LogP contribution in [0.25, 0.3) is 0 Å². The maximum Gasteiger partial charge on any atom is 0.250 e. The number of rotatable bonds is 2. The topological polar surface area (TPSA) is 73.1 Å². The lowest BCUT2D eigenvalue weighted by Crippen LogP contribution is -2.17. The number of hydrogen-bond acceptors (Lipinski definition) is 4. The molecule has 0 bridgehead atoms. The third kappa shape index (κ3) is 1.78. The van der Waals surface area contributed by atoms with E-state index in [1.807, 2.05) is 0 Å². The smallest absolute Gasteiger partial charge is 0.250 e. The van der Waals surface area contributed by atoms with Crippen LogP contribution >= 0.6 is 11.8 Å². The molecule has 0 aliphatic carbocycles. The van der Waals surface area contributed by atoms with Crippen LogP contribution in [0.5, 0.6) is 0 Å². The molecule has 4 nitrogen and oxygen atoms in total. The van der Waals surface area contributed by atoms with Gasteiger partial charge in [0.1, 0.15) is 0 Å². The Bertz CT molecular complexity index is 456. The van der Waals surface area contributed by atoms with Crippen LogP contribution in [0.2, 0.25) is 0 Å². The maximum absolute atomic E-state index is 11.5. The van der Waals surface area contributed by atoms with E-state index < -0.39 is 11.8 Å². The third-order valence-electron chi connectivity index (χ3n) is 2.11. The predicted molar refractivity (Wildman–Crippen MR) is 57.2 cm³/mol. The number of carbonyl (C=O) groups excluding carboxylic acids is 2. The molecule has 0 aromatic carbocycles. The number of amides is 1. The molecule has 1 unspecified atom stereocenters. The van der Waals surface area contributed by atoms with Gasteiger partial charge in [-0.15, -0.1) is 0 Å². The van der Waals surface area contributed by atoms with Gasteiger partial charge in [-0.1, -0.05) is 17.8 Å². The van der Waals surface area contributed by atoms with E-state index >= 15 is 0 Å². The molecule has 1 atom stereocenters. The monoisotopic (exact) mass is 220 g/mol. The number of carbonyl (C=O) groups is 2. The van der Waals surface area contributed by atoms with E-state index in [1.54, 1.807) is 29.8 Å². The first-order chi connectivity index (χ1) is 7.20. The van der Waals surface area contributed by atoms with Crippen LogP contribution in [0.3, 0.4) is 0 Å². The summed E-state index contributed by atoms with van der Waals surface area (Å²) in [4.78, 5) is 26.6. The van der Waals surface area contributed by atoms with Gasteiger partial charge in [-0.05, 0) is 17.5 Å². The van der Waals surface area contributed by atoms with Crippen LogP contribution in [0.4, 0.5) is 0 Å². The molecule has 76 valence electrons. The fourth-order valence-corrected chi connectivity index (χ4v) is 2.12. The molecule has 1 amide bonds. The third-order valence-corrected chi connectivity index (χ3v) is 2.89. The molecule has 0 spiro atoms. The Balaban J connectivity index is 2.47. The Hall–Kier alpha value is -1.62. The summed E-state index contributed by atoms with van der Waals surface area (Å²) in [5, 5.41) is 1.67. The number of hydrogen-bond donors (Lipinski definition) is 1. The zero-order valence-electron chi connectivity index (χ0n) is 7.71. The summed E-state index contributed by atoms with van der Waals surface area (Å²) < 4.78 is 0. The van der Waals surface area contributed by atoms with Crippen molar-refractivity contribution >= 4 is 22.8 Å². The van der Waals surface area contributed by atoms with E-state index in [1.165, 1.54) is 0 Å². The highest BCUT2D eigenvalue weighted by Crippen LogP contribution is 2.31. The molecule has 1 aliphatic heterocycles. The Morgan fingerprint density at radius 2 is 2.33 bits per heavy atom. The molecule has 1 aliphatic rings. The summed E-state index contributed by atoms with van der Waals surface area (Å²) in [7, 11) is 0. The van der Waals surface area contributed by atoms with Crippen molar-refractivity contribution in [2.45, 2.75) is 5.92 Å². The molecule has 0 saturated carbocycles. The van der Waals surface area contributed by atoms with Gasteiger partial charge < -0.3 is 5.73 Å². The van der Waals surface area contributed by atoms with Crippen molar-refractivity contribution in [3.05, 3.63) is 41.1 Å². The van der Waals surface area contributed by atoms with Gasteiger partial charge in [0.05, 0.1) is 17.2 Å². The summed E-state index contributed by atoms with van der Waals surface area (Å²) in [6, 6.07) is 3.20. The molecule has 2 rings (SSSR count). The molecule has 15 heavy (non-hydrogen) atoms. The van der Waals surface area contributed by atoms with Gasteiger partial charge in [0.2, 0.25) is 5.12 Å². The maximum atomic E-state index is 11.5. The molecule has 2 heterocycles. The standard InChI is InChI=1S/C10H8N2O2S/c11-9(13)6-2-1-4-12-8(6)7-3-5-15-10(7)14/h1-5,7H,(H2,11,13). The zero-order chi connectivity index (χ0) is 10.8. The number of nitrogens with two attached hydrogens (primary N) is 1. The minimum Gasteiger partial charge on any atom is -0.366 e. The highest BCUT2D eigenvalue weighted by Gasteiger charge is 2.26. The SMILES string of the molecule is NC(=O)c1cccnc1C1C=CSC1=O. The second-order valence-corrected chi connectivity index (χ2v) is 3.95. The number of thioether (sulfide) groups is 1. The van der Waals surface area contributed by atoms with Crippen molar-refractivity contribution in [2.75, 3.05) is 0 Å². The van der Waals surface area contributed by atoms with E-state index in [0.29, 0.717) is 11.3 Å². The Morgan fingerprint density at radius 3 is 2.93 bits per heavy atom. The van der Waals surface area contributed by atoms with Crippen LogP contribution in [0, 0.1) is 0 Å². The van der Waals surface area contributed by atoms with Gasteiger partial charge in [-0.25, -0.2) is 0 Å². The lowest BCUT2D eigenvalue weighted by atomic mass is 10.0. The summed E-state index contributed by atoms with van der Waals surface area (Å²) in [6.45, 7) is 0. The summed E-state index contributed by atoms with van der Waals surface area (Å²) in [5.74, 6) is -1.00. The summed E-state index contributed by atoms with van der Waals surface area (Å²) in [6.07, 6.45) is 3.27. The summed E-state index contributed by atoms with van der Waals surface area (Å²) in [5.41, 5.74) is 5.96. The van der Waals surface area contributed by atoms with Crippen LogP contribution in [-0.4, -0.2) is 16.0 Å². The largest absolute Gasteiger partial charge is 0.366 e. The summed E-state index contributed by atoms with van der Waals surface area (Å²) >= 11 is 1.11. The normalized spacial score (nSPS) is 19.5. The van der Waals surface area contributed by atoms with Crippen molar-refractivity contribution in [1.82, 2.24) is 4.98 Å². The molecule has 0 saturated heterocycles. The Kier molecular flexibility index (Phi) is 2.55. The lowest BCUT2D eigenvalue weighted by Gasteiger charge is -2.08. The van der Waals surface area contributed by atoms with Crippen LogP contribution < -0.4 is 5.73 Å². The van der Waals surface area contributed by atoms with E-state index in [9.17, 15) is 9.59 Å². The number of allylic oxidation sites excluding steroid dienone is 1. The van der Waals surface area contributed by atoms with Crippen molar-refractivity contribution in [3.8, 4) is 0 Å². The average Bonchev–Trinajstić information content (AvgIpc) is 2.64. The lowest BCUT2D eigenvalue weighted by molar-refractivity contribution is -0.111.